The topological polar surface area (TPSA) is 9.23 Å². The summed E-state index contributed by atoms with van der Waals surface area (Å²) in [5.41, 5.74) is 4.82. The molecule has 6 rings (SSSR count). The van der Waals surface area contributed by atoms with E-state index in [1.807, 2.05) is 6.07 Å². The van der Waals surface area contributed by atoms with Gasteiger partial charge in [-0.15, -0.1) is 0 Å². The van der Waals surface area contributed by atoms with Crippen LogP contribution in [0.15, 0.2) is 97.1 Å². The molecule has 1 heterocycles. The van der Waals surface area contributed by atoms with E-state index in [2.05, 4.69) is 105 Å². The van der Waals surface area contributed by atoms with Gasteiger partial charge in [-0.25, -0.2) is 0 Å². The summed E-state index contributed by atoms with van der Waals surface area (Å²) in [7, 11) is 0. The van der Waals surface area contributed by atoms with Crippen molar-refractivity contribution >= 4 is 21.5 Å². The third kappa shape index (κ3) is 2.48. The van der Waals surface area contributed by atoms with Crippen molar-refractivity contribution in [3.8, 4) is 22.6 Å². The molecule has 1 heteroatoms. The molecule has 0 saturated carbocycles. The van der Waals surface area contributed by atoms with Gasteiger partial charge in [0.15, 0.2) is 0 Å². The van der Waals surface area contributed by atoms with Crippen LogP contribution in [0.5, 0.6) is 11.5 Å². The molecule has 0 amide bonds. The lowest BCUT2D eigenvalue weighted by Gasteiger charge is -2.34. The monoisotopic (exact) mass is 386 g/mol. The van der Waals surface area contributed by atoms with Gasteiger partial charge in [0.2, 0.25) is 0 Å². The second-order valence-electron chi connectivity index (χ2n) is 8.66. The van der Waals surface area contributed by atoms with Crippen molar-refractivity contribution in [3.05, 3.63) is 108 Å². The number of fused-ring (bicyclic) bond motifs is 5. The van der Waals surface area contributed by atoms with Crippen LogP contribution in [0.3, 0.4) is 0 Å². The van der Waals surface area contributed by atoms with Crippen LogP contribution in [-0.4, -0.2) is 0 Å². The second-order valence-corrected chi connectivity index (χ2v) is 8.66. The molecule has 0 spiro atoms. The van der Waals surface area contributed by atoms with Crippen molar-refractivity contribution in [2.24, 2.45) is 0 Å². The van der Waals surface area contributed by atoms with Crippen LogP contribution in [0, 0.1) is 0 Å². The quantitative estimate of drug-likeness (QED) is 0.264. The number of rotatable bonds is 1. The highest BCUT2D eigenvalue weighted by Crippen LogP contribution is 2.48. The Morgan fingerprint density at radius 3 is 2.13 bits per heavy atom. The first-order valence-corrected chi connectivity index (χ1v) is 10.4. The van der Waals surface area contributed by atoms with Crippen molar-refractivity contribution in [1.29, 1.82) is 0 Å². The molecule has 1 aliphatic heterocycles. The average molecular weight is 386 g/mol. The molecule has 0 aromatic heterocycles. The summed E-state index contributed by atoms with van der Waals surface area (Å²) >= 11 is 0. The molecule has 1 nitrogen and oxygen atoms in total. The minimum atomic E-state index is -0.104. The van der Waals surface area contributed by atoms with Crippen molar-refractivity contribution in [1.82, 2.24) is 0 Å². The van der Waals surface area contributed by atoms with Crippen LogP contribution >= 0.6 is 0 Å². The van der Waals surface area contributed by atoms with Crippen LogP contribution < -0.4 is 4.74 Å². The van der Waals surface area contributed by atoms with Gasteiger partial charge in [-0.1, -0.05) is 86.6 Å². The predicted molar refractivity (Wildman–Crippen MR) is 126 cm³/mol. The van der Waals surface area contributed by atoms with E-state index in [-0.39, 0.29) is 5.41 Å². The number of hydrogen-bond acceptors (Lipinski definition) is 1. The van der Waals surface area contributed by atoms with E-state index in [0.29, 0.717) is 0 Å². The van der Waals surface area contributed by atoms with E-state index in [0.717, 1.165) is 11.5 Å². The molecule has 0 radical (unpaired) electrons. The first-order chi connectivity index (χ1) is 14.6. The van der Waals surface area contributed by atoms with E-state index < -0.39 is 0 Å². The third-order valence-electron chi connectivity index (χ3n) is 6.51. The standard InChI is InChI=1S/C29H22O/c1-29(2)25-9-5-6-10-27(25)30-28-16-14-21(18-26(28)29)20-13-15-24-22(17-20)12-11-19-7-3-4-8-23(19)24/h3-18H,1-2H3. The Labute approximate surface area is 176 Å². The highest BCUT2D eigenvalue weighted by molar-refractivity contribution is 6.08. The summed E-state index contributed by atoms with van der Waals surface area (Å²) in [5, 5.41) is 5.15. The third-order valence-corrected chi connectivity index (χ3v) is 6.51. The Bertz CT molecular complexity index is 1440. The van der Waals surface area contributed by atoms with Gasteiger partial charge in [-0.05, 0) is 56.9 Å². The highest BCUT2D eigenvalue weighted by Gasteiger charge is 2.34. The first kappa shape index (κ1) is 17.3. The molecule has 0 fully saturated rings. The molecule has 0 bridgehead atoms. The van der Waals surface area contributed by atoms with Gasteiger partial charge >= 0.3 is 0 Å². The van der Waals surface area contributed by atoms with E-state index >= 15 is 0 Å². The second kappa shape index (κ2) is 6.21. The molecule has 0 aliphatic carbocycles. The Kier molecular flexibility index (Phi) is 3.58. The minimum Gasteiger partial charge on any atom is -0.457 e. The highest BCUT2D eigenvalue weighted by atomic mass is 16.5. The van der Waals surface area contributed by atoms with E-state index in [1.165, 1.54) is 43.8 Å². The lowest BCUT2D eigenvalue weighted by molar-refractivity contribution is 0.418. The van der Waals surface area contributed by atoms with E-state index in [9.17, 15) is 0 Å². The zero-order chi connectivity index (χ0) is 20.3. The van der Waals surface area contributed by atoms with Crippen molar-refractivity contribution in [2.45, 2.75) is 19.3 Å². The molecule has 0 N–H and O–H groups in total. The molecular weight excluding hydrogens is 364 g/mol. The summed E-state index contributed by atoms with van der Waals surface area (Å²) in [4.78, 5) is 0. The summed E-state index contributed by atoms with van der Waals surface area (Å²) in [6.07, 6.45) is 0. The molecule has 0 unspecified atom stereocenters. The molecule has 0 atom stereocenters. The van der Waals surface area contributed by atoms with Gasteiger partial charge in [0, 0.05) is 16.5 Å². The lowest BCUT2D eigenvalue weighted by atomic mass is 9.75. The maximum absolute atomic E-state index is 6.22. The fourth-order valence-corrected chi connectivity index (χ4v) is 4.82. The fraction of sp³-hybridized carbons (Fsp3) is 0.103. The first-order valence-electron chi connectivity index (χ1n) is 10.4. The Hall–Kier alpha value is -3.58. The summed E-state index contributed by atoms with van der Waals surface area (Å²) in [6.45, 7) is 4.56. The summed E-state index contributed by atoms with van der Waals surface area (Å²) in [6, 6.07) is 34.7. The fourth-order valence-electron chi connectivity index (χ4n) is 4.82. The normalized spacial score (nSPS) is 14.2. The molecular formula is C29H22O. The minimum absolute atomic E-state index is 0.104. The molecule has 144 valence electrons. The molecule has 5 aromatic rings. The molecule has 30 heavy (non-hydrogen) atoms. The maximum atomic E-state index is 6.22. The largest absolute Gasteiger partial charge is 0.457 e. The Balaban J connectivity index is 1.50. The van der Waals surface area contributed by atoms with Crippen LogP contribution in [0.2, 0.25) is 0 Å². The Morgan fingerprint density at radius 2 is 1.20 bits per heavy atom. The van der Waals surface area contributed by atoms with Gasteiger partial charge < -0.3 is 4.74 Å². The summed E-state index contributed by atoms with van der Waals surface area (Å²) < 4.78 is 6.22. The van der Waals surface area contributed by atoms with E-state index in [1.54, 1.807) is 0 Å². The van der Waals surface area contributed by atoms with Crippen molar-refractivity contribution < 1.29 is 4.74 Å². The lowest BCUT2D eigenvalue weighted by Crippen LogP contribution is -2.24. The van der Waals surface area contributed by atoms with Crippen molar-refractivity contribution in [2.75, 3.05) is 0 Å². The van der Waals surface area contributed by atoms with Gasteiger partial charge in [0.1, 0.15) is 11.5 Å². The van der Waals surface area contributed by atoms with Gasteiger partial charge in [0.25, 0.3) is 0 Å². The Morgan fingerprint density at radius 1 is 0.533 bits per heavy atom. The number of ether oxygens (including phenoxy) is 1. The SMILES string of the molecule is CC1(C)c2ccccc2Oc2ccc(-c3ccc4c(ccc5ccccc54)c3)cc21. The van der Waals surface area contributed by atoms with Gasteiger partial charge in [-0.2, -0.15) is 0 Å². The smallest absolute Gasteiger partial charge is 0.131 e. The van der Waals surface area contributed by atoms with Crippen LogP contribution in [0.1, 0.15) is 25.0 Å². The molecule has 5 aromatic carbocycles. The van der Waals surface area contributed by atoms with Gasteiger partial charge in [-0.3, -0.25) is 0 Å². The average Bonchev–Trinajstić information content (AvgIpc) is 2.78. The molecule has 0 saturated heterocycles. The number of benzene rings is 5. The number of hydrogen-bond donors (Lipinski definition) is 0. The summed E-state index contributed by atoms with van der Waals surface area (Å²) in [5.74, 6) is 1.91. The van der Waals surface area contributed by atoms with Crippen LogP contribution in [0.25, 0.3) is 32.7 Å². The number of para-hydroxylation sites is 1. The zero-order valence-corrected chi connectivity index (χ0v) is 17.1. The predicted octanol–water partition coefficient (Wildman–Crippen LogP) is 8.09. The van der Waals surface area contributed by atoms with Gasteiger partial charge in [0.05, 0.1) is 0 Å². The van der Waals surface area contributed by atoms with E-state index in [4.69, 9.17) is 4.74 Å². The molecule has 1 aliphatic rings. The zero-order valence-electron chi connectivity index (χ0n) is 17.1. The van der Waals surface area contributed by atoms with Crippen LogP contribution in [0.4, 0.5) is 0 Å². The van der Waals surface area contributed by atoms with Crippen LogP contribution in [-0.2, 0) is 5.41 Å². The van der Waals surface area contributed by atoms with Crippen molar-refractivity contribution in [3.63, 3.8) is 0 Å². The maximum Gasteiger partial charge on any atom is 0.131 e.